The molecule has 86 valence electrons. The summed E-state index contributed by atoms with van der Waals surface area (Å²) in [6, 6.07) is 0. The smallest absolute Gasteiger partial charge is 0.305 e. The Bertz CT molecular complexity index is 226. The highest BCUT2D eigenvalue weighted by molar-refractivity contribution is 5.77. The summed E-state index contributed by atoms with van der Waals surface area (Å²) in [4.78, 5) is 23.6. The van der Waals surface area contributed by atoms with Gasteiger partial charge in [0, 0.05) is 19.5 Å². The molecule has 0 spiro atoms. The Hall–Kier alpha value is -1.32. The number of hydrogen-bond acceptors (Lipinski definition) is 2. The van der Waals surface area contributed by atoms with Gasteiger partial charge in [0.2, 0.25) is 5.91 Å². The van der Waals surface area contributed by atoms with Crippen molar-refractivity contribution in [2.24, 2.45) is 0 Å². The highest BCUT2D eigenvalue weighted by atomic mass is 16.4. The van der Waals surface area contributed by atoms with Gasteiger partial charge in [0.05, 0.1) is 6.42 Å². The van der Waals surface area contributed by atoms with E-state index in [4.69, 9.17) is 5.11 Å². The lowest BCUT2D eigenvalue weighted by Crippen LogP contribution is -2.33. The monoisotopic (exact) mass is 213 g/mol. The van der Waals surface area contributed by atoms with Crippen LogP contribution in [0.15, 0.2) is 12.7 Å². The lowest BCUT2D eigenvalue weighted by molar-refractivity contribution is -0.138. The van der Waals surface area contributed by atoms with E-state index in [-0.39, 0.29) is 12.3 Å². The maximum atomic E-state index is 11.6. The largest absolute Gasteiger partial charge is 0.481 e. The minimum Gasteiger partial charge on any atom is -0.481 e. The molecule has 0 rings (SSSR count). The van der Waals surface area contributed by atoms with Gasteiger partial charge in [0.1, 0.15) is 0 Å². The zero-order valence-electron chi connectivity index (χ0n) is 9.24. The predicted molar refractivity (Wildman–Crippen MR) is 58.6 cm³/mol. The molecule has 0 aromatic rings. The van der Waals surface area contributed by atoms with E-state index >= 15 is 0 Å². The predicted octanol–water partition coefficient (Wildman–Crippen LogP) is 1.67. The molecule has 0 radical (unpaired) electrons. The highest BCUT2D eigenvalue weighted by Gasteiger charge is 2.12. The van der Waals surface area contributed by atoms with Crippen LogP contribution < -0.4 is 0 Å². The van der Waals surface area contributed by atoms with E-state index in [9.17, 15) is 9.59 Å². The van der Waals surface area contributed by atoms with E-state index in [0.717, 1.165) is 6.42 Å². The summed E-state index contributed by atoms with van der Waals surface area (Å²) in [6.45, 7) is 6.45. The van der Waals surface area contributed by atoms with Gasteiger partial charge >= 0.3 is 5.97 Å². The fourth-order valence-corrected chi connectivity index (χ4v) is 1.25. The van der Waals surface area contributed by atoms with Gasteiger partial charge < -0.3 is 10.0 Å². The Balaban J connectivity index is 4.05. The number of hydrogen-bond donors (Lipinski definition) is 1. The molecular formula is C11H19NO3. The molecule has 1 amide bonds. The van der Waals surface area contributed by atoms with Crippen LogP contribution in [0.1, 0.15) is 32.6 Å². The van der Waals surface area contributed by atoms with Crippen molar-refractivity contribution in [2.45, 2.75) is 32.6 Å². The Morgan fingerprint density at radius 3 is 2.47 bits per heavy atom. The number of allylic oxidation sites excluding steroid dienone is 1. The van der Waals surface area contributed by atoms with E-state index < -0.39 is 5.97 Å². The first kappa shape index (κ1) is 13.7. The molecule has 15 heavy (non-hydrogen) atoms. The second-order valence-corrected chi connectivity index (χ2v) is 3.35. The number of aliphatic carboxylic acids is 1. The summed E-state index contributed by atoms with van der Waals surface area (Å²) >= 11 is 0. The molecule has 0 saturated carbocycles. The third-order valence-electron chi connectivity index (χ3n) is 2.00. The zero-order chi connectivity index (χ0) is 11.7. The van der Waals surface area contributed by atoms with Crippen molar-refractivity contribution < 1.29 is 14.7 Å². The van der Waals surface area contributed by atoms with Gasteiger partial charge in [0.25, 0.3) is 0 Å². The van der Waals surface area contributed by atoms with Crippen LogP contribution >= 0.6 is 0 Å². The molecule has 0 aromatic heterocycles. The summed E-state index contributed by atoms with van der Waals surface area (Å²) in [5, 5.41) is 8.53. The highest BCUT2D eigenvalue weighted by Crippen LogP contribution is 2.01. The Morgan fingerprint density at radius 2 is 2.00 bits per heavy atom. The lowest BCUT2D eigenvalue weighted by Gasteiger charge is -2.20. The first-order valence-electron chi connectivity index (χ1n) is 5.22. The van der Waals surface area contributed by atoms with Crippen LogP contribution in [0.3, 0.4) is 0 Å². The molecule has 4 nitrogen and oxygen atoms in total. The number of carboxylic acids is 1. The minimum atomic E-state index is -0.868. The van der Waals surface area contributed by atoms with E-state index in [1.54, 1.807) is 11.0 Å². The van der Waals surface area contributed by atoms with Gasteiger partial charge in [0.15, 0.2) is 0 Å². The van der Waals surface area contributed by atoms with Crippen LogP contribution in [0, 0.1) is 0 Å². The second kappa shape index (κ2) is 8.03. The fourth-order valence-electron chi connectivity index (χ4n) is 1.25. The van der Waals surface area contributed by atoms with Gasteiger partial charge in [-0.2, -0.15) is 0 Å². The Kier molecular flexibility index (Phi) is 7.32. The molecule has 0 heterocycles. The molecule has 0 atom stereocenters. The lowest BCUT2D eigenvalue weighted by atomic mass is 10.2. The molecule has 4 heteroatoms. The quantitative estimate of drug-likeness (QED) is 0.624. The molecule has 0 aliphatic heterocycles. The standard InChI is InChI=1S/C11H19NO3/c1-3-5-6-10(13)12(8-4-2)9-7-11(14)15/h3H,1,4-9H2,2H3,(H,14,15). The average molecular weight is 213 g/mol. The van der Waals surface area contributed by atoms with E-state index in [1.165, 1.54) is 0 Å². The average Bonchev–Trinajstić information content (AvgIpc) is 2.20. The van der Waals surface area contributed by atoms with Gasteiger partial charge in [-0.05, 0) is 12.8 Å². The minimum absolute atomic E-state index is 0.0120. The zero-order valence-corrected chi connectivity index (χ0v) is 9.24. The van der Waals surface area contributed by atoms with Crippen LogP contribution in [0.4, 0.5) is 0 Å². The SMILES string of the molecule is C=CCCC(=O)N(CCC)CCC(=O)O. The van der Waals surface area contributed by atoms with Crippen LogP contribution in [-0.2, 0) is 9.59 Å². The van der Waals surface area contributed by atoms with E-state index in [2.05, 4.69) is 6.58 Å². The van der Waals surface area contributed by atoms with Gasteiger partial charge in [-0.1, -0.05) is 13.0 Å². The summed E-state index contributed by atoms with van der Waals surface area (Å²) in [5.41, 5.74) is 0. The van der Waals surface area contributed by atoms with Crippen molar-refractivity contribution in [1.29, 1.82) is 0 Å². The topological polar surface area (TPSA) is 57.6 Å². The van der Waals surface area contributed by atoms with Crippen LogP contribution in [0.5, 0.6) is 0 Å². The Morgan fingerprint density at radius 1 is 1.33 bits per heavy atom. The molecular weight excluding hydrogens is 194 g/mol. The number of carboxylic acid groups (broad SMARTS) is 1. The third-order valence-corrected chi connectivity index (χ3v) is 2.00. The normalized spacial score (nSPS) is 9.67. The van der Waals surface area contributed by atoms with E-state index in [0.29, 0.717) is 25.9 Å². The molecule has 0 unspecified atom stereocenters. The molecule has 1 N–H and O–H groups in total. The van der Waals surface area contributed by atoms with Crippen LogP contribution in [-0.4, -0.2) is 35.0 Å². The molecule has 0 saturated heterocycles. The van der Waals surface area contributed by atoms with Crippen LogP contribution in [0.25, 0.3) is 0 Å². The van der Waals surface area contributed by atoms with Crippen molar-refractivity contribution in [3.8, 4) is 0 Å². The van der Waals surface area contributed by atoms with Gasteiger partial charge in [-0.25, -0.2) is 0 Å². The summed E-state index contributed by atoms with van der Waals surface area (Å²) < 4.78 is 0. The van der Waals surface area contributed by atoms with Crippen molar-refractivity contribution in [3.63, 3.8) is 0 Å². The number of carbonyl (C=O) groups excluding carboxylic acids is 1. The number of amides is 1. The molecule has 0 fully saturated rings. The van der Waals surface area contributed by atoms with Crippen molar-refractivity contribution in [2.75, 3.05) is 13.1 Å². The molecule has 0 aliphatic carbocycles. The molecule has 0 aromatic carbocycles. The van der Waals surface area contributed by atoms with Crippen molar-refractivity contribution in [3.05, 3.63) is 12.7 Å². The van der Waals surface area contributed by atoms with Gasteiger partial charge in [-0.15, -0.1) is 6.58 Å². The first-order chi connectivity index (χ1) is 7.11. The first-order valence-corrected chi connectivity index (χ1v) is 5.22. The van der Waals surface area contributed by atoms with Crippen molar-refractivity contribution in [1.82, 2.24) is 4.90 Å². The van der Waals surface area contributed by atoms with Gasteiger partial charge in [-0.3, -0.25) is 9.59 Å². The van der Waals surface area contributed by atoms with Crippen molar-refractivity contribution >= 4 is 11.9 Å². The fraction of sp³-hybridized carbons (Fsp3) is 0.636. The Labute approximate surface area is 90.6 Å². The summed E-state index contributed by atoms with van der Waals surface area (Å²) in [5.74, 6) is -0.856. The number of nitrogens with zero attached hydrogens (tertiary/aromatic N) is 1. The maximum absolute atomic E-state index is 11.6. The van der Waals surface area contributed by atoms with E-state index in [1.807, 2.05) is 6.92 Å². The van der Waals surface area contributed by atoms with Crippen LogP contribution in [0.2, 0.25) is 0 Å². The maximum Gasteiger partial charge on any atom is 0.305 e. The molecule has 0 bridgehead atoms. The summed E-state index contributed by atoms with van der Waals surface area (Å²) in [6.07, 6.45) is 3.62. The number of carbonyl (C=O) groups is 2. The summed E-state index contributed by atoms with van der Waals surface area (Å²) in [7, 11) is 0. The third kappa shape index (κ3) is 6.71. The number of rotatable bonds is 8. The second-order valence-electron chi connectivity index (χ2n) is 3.35. The molecule has 0 aliphatic rings.